The van der Waals surface area contributed by atoms with Crippen LogP contribution in [0.15, 0.2) is 553 Å². The number of furan rings is 3. The zero-order valence-corrected chi connectivity index (χ0v) is 76.7. The Morgan fingerprint density at radius 1 is 0.161 bits per heavy atom. The van der Waals surface area contributed by atoms with Gasteiger partial charge in [-0.2, -0.15) is 0 Å². The summed E-state index contributed by atoms with van der Waals surface area (Å²) in [5.74, 6) is 0. The Hall–Kier alpha value is -18.7. The maximum atomic E-state index is 9.27. The van der Waals surface area contributed by atoms with E-state index in [1.54, 1.807) is 64.8 Å². The van der Waals surface area contributed by atoms with Crippen molar-refractivity contribution >= 4 is 192 Å². The molecule has 0 radical (unpaired) electrons. The highest BCUT2D eigenvalue weighted by Crippen LogP contribution is 2.49. The fourth-order valence-electron chi connectivity index (χ4n) is 19.1. The van der Waals surface area contributed by atoms with Gasteiger partial charge in [-0.15, -0.1) is 11.3 Å². The minimum atomic E-state index is -0.560. The van der Waals surface area contributed by atoms with Gasteiger partial charge in [0.2, 0.25) is 0 Å². The zero-order chi connectivity index (χ0) is 117. The van der Waals surface area contributed by atoms with E-state index in [9.17, 15) is 2.74 Å². The number of hydrogen-bond donors (Lipinski definition) is 0. The highest BCUT2D eigenvalue weighted by Gasteiger charge is 2.23. The van der Waals surface area contributed by atoms with Gasteiger partial charge in [0, 0.05) is 103 Å². The van der Waals surface area contributed by atoms with Gasteiger partial charge in [-0.25, -0.2) is 0 Å². The van der Waals surface area contributed by atoms with Crippen molar-refractivity contribution in [2.75, 3.05) is 14.7 Å². The van der Waals surface area contributed by atoms with E-state index in [-0.39, 0.29) is 115 Å². The summed E-state index contributed by atoms with van der Waals surface area (Å²) in [4.78, 5) is 5.44. The van der Waals surface area contributed by atoms with Crippen molar-refractivity contribution in [3.8, 4) is 77.9 Å². The quantitative estimate of drug-likeness (QED) is 0.0961. The van der Waals surface area contributed by atoms with Gasteiger partial charge in [0.25, 0.3) is 0 Å². The summed E-state index contributed by atoms with van der Waals surface area (Å²) in [6, 6.07) is 113. The SMILES string of the molecule is [2H]c1c([2H])c([2H])c(N(c2ccc3c(c2)sc2cc(-c4ccc5oc6ccccc6c5c4)ccc23)c2cccc3ccccc23)c([2H])c1[2H].[2H]c1c([2H])c([2H])c2c(N(c3ccc(-c4ccccc4)cc3)c3ccc(-c4ccc(-c5ccc6oc7ccccc7c6c5)cc4)cc3)c([2H])c([2H])c([2H])c2c1[2H].[2H]c1c([2H])c([2H])c2c([2H])c(-c3cccc(N(c4cccc(-c5ccc6oc7ccccc7c6c5)c4)c4cccc(-c5c([2H])c([2H])c6c([2H])c([2H])c([2H])c([2H])c6c5[2H])c4)c3)c([2H])c([2H])c2c1[2H]. The van der Waals surface area contributed by atoms with E-state index in [2.05, 4.69) is 97.1 Å². The second kappa shape index (κ2) is 36.7. The highest BCUT2D eigenvalue weighted by atomic mass is 32.1. The topological polar surface area (TPSA) is 49.1 Å². The second-order valence-electron chi connectivity index (χ2n) is 34.6. The summed E-state index contributed by atoms with van der Waals surface area (Å²) in [5.41, 5.74) is 20.2. The van der Waals surface area contributed by atoms with E-state index in [0.717, 1.165) is 158 Å². The predicted octanol–water partition coefficient (Wildman–Crippen LogP) is 39.8. The standard InChI is InChI=1S/C50H33NO.C46H31NO.C40H25NOS/c1-3-12-36-28-41(24-22-34(36)10-1)38-14-7-17-44(30-38)51(45-18-8-15-39(31-45)42-25-23-35-11-2-4-13-37(35)29-42)46-19-9-16-40(32-46)43-26-27-50-48(33-43)47-20-5-6-21-49(47)52-50;1-2-9-32(10-3-1)34-21-26-39(27-22-34)47(44-15-8-12-37-11-4-5-13-41(37)44)40-28-23-35(24-29-40)33-17-19-36(20-18-33)38-25-30-46-43(31-38)42-14-6-7-16-45(42)48-46;1-2-11-29(12-3-1)41(36-15-8-10-26-9-4-5-13-31(26)36)30-19-21-34-33-20-17-28(24-39(33)43-40(34)25-30)27-18-22-38-35(23-27)32-14-6-7-16-37(32)42-38/h1-33H;1-31H;1-25H/i1D,2D,3D,4D,10D,11D,12D,13D,22D,23D,24D,25D,28D,29D;4D,5D,8D,11D,12D,13D,15D;1D,2D,3D,11D,12D. The van der Waals surface area contributed by atoms with Gasteiger partial charge in [0.15, 0.2) is 0 Å². The van der Waals surface area contributed by atoms with Crippen molar-refractivity contribution in [1.29, 1.82) is 0 Å². The maximum Gasteiger partial charge on any atom is 0.135 e. The lowest BCUT2D eigenvalue weighted by molar-refractivity contribution is 0.668. The molecule has 28 aromatic rings. The Balaban J connectivity index is 0.000000125. The van der Waals surface area contributed by atoms with Crippen LogP contribution in [0.4, 0.5) is 51.2 Å². The molecule has 28 rings (SSSR count). The molecule has 0 N–H and O–H groups in total. The van der Waals surface area contributed by atoms with Crippen LogP contribution in [-0.4, -0.2) is 0 Å². The van der Waals surface area contributed by atoms with Gasteiger partial charge in [0.05, 0.1) is 47.0 Å². The molecule has 0 saturated heterocycles. The van der Waals surface area contributed by atoms with E-state index >= 15 is 0 Å². The lowest BCUT2D eigenvalue weighted by atomic mass is 9.98. The molecule has 0 bridgehead atoms. The first-order chi connectivity index (χ1) is 81.6. The lowest BCUT2D eigenvalue weighted by Crippen LogP contribution is -2.10. The fourth-order valence-corrected chi connectivity index (χ4v) is 20.3. The van der Waals surface area contributed by atoms with Gasteiger partial charge in [0.1, 0.15) is 33.5 Å². The van der Waals surface area contributed by atoms with Crippen LogP contribution in [0.3, 0.4) is 0 Å². The van der Waals surface area contributed by atoms with Crippen LogP contribution < -0.4 is 14.7 Å². The Morgan fingerprint density at radius 2 is 0.510 bits per heavy atom. The molecule has 0 unspecified atom stereocenters. The number of fused-ring (bicyclic) bond motifs is 16. The third kappa shape index (κ3) is 16.3. The van der Waals surface area contributed by atoms with Crippen molar-refractivity contribution in [2.45, 2.75) is 0 Å². The minimum absolute atomic E-state index is 0.0103. The maximum absolute atomic E-state index is 9.27. The van der Waals surface area contributed by atoms with E-state index < -0.39 is 96.7 Å². The Labute approximate surface area is 867 Å². The summed E-state index contributed by atoms with van der Waals surface area (Å²) < 4.78 is 246. The number of hydrogen-bond acceptors (Lipinski definition) is 7. The average Bonchev–Trinajstić information content (AvgIpc) is 1.57. The Kier molecular flexibility index (Phi) is 15.8. The molecule has 0 aliphatic carbocycles. The third-order valence-electron chi connectivity index (χ3n) is 26.0. The first kappa shape index (κ1) is 61.5. The number of anilines is 9. The van der Waals surface area contributed by atoms with E-state index in [0.29, 0.717) is 45.3 Å². The summed E-state index contributed by atoms with van der Waals surface area (Å²) in [5, 5.41) is 9.53. The molecule has 0 fully saturated rings. The number of nitrogens with zero attached hydrogens (tertiary/aromatic N) is 3. The van der Waals surface area contributed by atoms with Crippen LogP contribution in [-0.2, 0) is 0 Å². The molecule has 4 heterocycles. The van der Waals surface area contributed by atoms with Crippen LogP contribution in [0, 0.1) is 0 Å². The molecule has 0 aliphatic heterocycles. The van der Waals surface area contributed by atoms with Gasteiger partial charge < -0.3 is 28.0 Å². The minimum Gasteiger partial charge on any atom is -0.456 e. The molecule has 0 aliphatic rings. The van der Waals surface area contributed by atoms with Gasteiger partial charge in [-0.1, -0.05) is 370 Å². The van der Waals surface area contributed by atoms with Crippen molar-refractivity contribution in [2.24, 2.45) is 0 Å². The molecule has 4 aromatic heterocycles. The monoisotopic (exact) mass is 1870 g/mol. The molecular formula is C136H89N3O3S. The van der Waals surface area contributed by atoms with Crippen LogP contribution in [0.1, 0.15) is 35.6 Å². The average molecular weight is 1870 g/mol. The van der Waals surface area contributed by atoms with Crippen LogP contribution in [0.5, 0.6) is 0 Å². The third-order valence-corrected chi connectivity index (χ3v) is 27.2. The van der Waals surface area contributed by atoms with E-state index in [1.165, 1.54) is 0 Å². The van der Waals surface area contributed by atoms with E-state index in [1.807, 2.05) is 246 Å². The molecular weight excluding hydrogens is 1760 g/mol. The molecule has 6 nitrogen and oxygen atoms in total. The number of thiophene rings is 1. The van der Waals surface area contributed by atoms with Crippen molar-refractivity contribution in [1.82, 2.24) is 0 Å². The Bertz CT molecular complexity index is 11200. The summed E-state index contributed by atoms with van der Waals surface area (Å²) >= 11 is 1.68. The smallest absolute Gasteiger partial charge is 0.135 e. The van der Waals surface area contributed by atoms with Crippen LogP contribution in [0.2, 0.25) is 0 Å². The zero-order valence-electron chi connectivity index (χ0n) is 102. The molecule has 672 valence electrons. The predicted molar refractivity (Wildman–Crippen MR) is 606 cm³/mol. The molecule has 143 heavy (non-hydrogen) atoms. The number of rotatable bonds is 16. The largest absolute Gasteiger partial charge is 0.456 e. The van der Waals surface area contributed by atoms with Crippen molar-refractivity contribution in [3.05, 3.63) is 539 Å². The normalized spacial score (nSPS) is 14.0. The molecule has 0 atom stereocenters. The van der Waals surface area contributed by atoms with Gasteiger partial charge in [-0.05, 0) is 280 Å². The van der Waals surface area contributed by atoms with Crippen LogP contribution in [0.25, 0.3) is 207 Å². The van der Waals surface area contributed by atoms with Gasteiger partial charge in [-0.3, -0.25) is 0 Å². The summed E-state index contributed by atoms with van der Waals surface area (Å²) in [7, 11) is 0. The second-order valence-corrected chi connectivity index (χ2v) is 35.6. The number of para-hydroxylation sites is 4. The molecule has 0 saturated carbocycles. The first-order valence-electron chi connectivity index (χ1n) is 59.5. The first-order valence-corrected chi connectivity index (χ1v) is 47.3. The summed E-state index contributed by atoms with van der Waals surface area (Å²) in [6.07, 6.45) is 0. The number of benzene rings is 24. The molecule has 0 spiro atoms. The Morgan fingerprint density at radius 3 is 1.05 bits per heavy atom. The van der Waals surface area contributed by atoms with E-state index in [4.69, 9.17) is 46.1 Å². The molecule has 0 amide bonds. The van der Waals surface area contributed by atoms with Crippen molar-refractivity contribution < 1.29 is 48.9 Å². The van der Waals surface area contributed by atoms with Gasteiger partial charge >= 0.3 is 0 Å². The highest BCUT2D eigenvalue weighted by molar-refractivity contribution is 7.25. The summed E-state index contributed by atoms with van der Waals surface area (Å²) in [6.45, 7) is 0. The lowest BCUT2D eigenvalue weighted by Gasteiger charge is -2.27. The molecule has 24 aromatic carbocycles. The van der Waals surface area contributed by atoms with Crippen LogP contribution >= 0.6 is 11.3 Å². The fraction of sp³-hybridized carbons (Fsp3) is 0. The van der Waals surface area contributed by atoms with Crippen molar-refractivity contribution in [3.63, 3.8) is 0 Å². The molecule has 7 heteroatoms.